The van der Waals surface area contributed by atoms with Gasteiger partial charge in [-0.2, -0.15) is 10.2 Å². The zero-order valence-corrected chi connectivity index (χ0v) is 14.9. The Balaban J connectivity index is 1.73. The number of hydrogen-bond acceptors (Lipinski definition) is 3. The van der Waals surface area contributed by atoms with E-state index in [-0.39, 0.29) is 6.42 Å². The van der Waals surface area contributed by atoms with E-state index < -0.39 is 5.97 Å². The van der Waals surface area contributed by atoms with Gasteiger partial charge in [-0.05, 0) is 44.4 Å². The minimum Gasteiger partial charge on any atom is -0.481 e. The molecule has 0 radical (unpaired) electrons. The van der Waals surface area contributed by atoms with Crippen LogP contribution in [0.25, 0.3) is 0 Å². The van der Waals surface area contributed by atoms with E-state index in [1.807, 2.05) is 0 Å². The van der Waals surface area contributed by atoms with E-state index >= 15 is 0 Å². The maximum Gasteiger partial charge on any atom is 0.303 e. The van der Waals surface area contributed by atoms with Crippen LogP contribution in [0.5, 0.6) is 0 Å². The fraction of sp³-hybridized carbons (Fsp3) is 0.750. The molecule has 1 saturated carbocycles. The number of fused-ring (bicyclic) bond motifs is 2. The van der Waals surface area contributed by atoms with E-state index in [0.29, 0.717) is 23.9 Å². The van der Waals surface area contributed by atoms with Gasteiger partial charge >= 0.3 is 5.97 Å². The maximum absolute atomic E-state index is 10.5. The highest BCUT2D eigenvalue weighted by Crippen LogP contribution is 2.44. The van der Waals surface area contributed by atoms with Gasteiger partial charge in [-0.1, -0.05) is 50.5 Å². The first-order chi connectivity index (χ1) is 11.7. The van der Waals surface area contributed by atoms with E-state index in [9.17, 15) is 4.79 Å². The molecule has 1 aliphatic heterocycles. The molecule has 2 aliphatic rings. The standard InChI is InChI=1S/C20H32N2O2/c1-2-3-4-5-6-9-12-16-17(19-15-18(16)21-22-19)13-10-7-8-11-14-20(23)24/h7,9-10,12,16-19H,2-6,8,11,13-15H2,1H3,(H,23,24)/b10-7-,12-9+/t16-,17-,18+,19-/m1/s1. The SMILES string of the molecule is CCCCCC/C=C/[C@@H]1[C@@H](C/C=C\CCCC(=O)O)[C@H]2C[C@@H]1N=N2. The molecule has 134 valence electrons. The molecule has 0 amide bonds. The van der Waals surface area contributed by atoms with Crippen LogP contribution in [0.2, 0.25) is 0 Å². The molecule has 0 spiro atoms. The van der Waals surface area contributed by atoms with Crippen molar-refractivity contribution in [3.63, 3.8) is 0 Å². The van der Waals surface area contributed by atoms with Crippen molar-refractivity contribution in [1.29, 1.82) is 0 Å². The molecule has 0 unspecified atom stereocenters. The van der Waals surface area contributed by atoms with Gasteiger partial charge in [0.25, 0.3) is 0 Å². The molecule has 4 atom stereocenters. The van der Waals surface area contributed by atoms with E-state index in [4.69, 9.17) is 5.11 Å². The van der Waals surface area contributed by atoms with Gasteiger partial charge in [0, 0.05) is 12.3 Å². The number of hydrogen-bond donors (Lipinski definition) is 1. The molecule has 1 N–H and O–H groups in total. The Morgan fingerprint density at radius 1 is 1.04 bits per heavy atom. The molecule has 24 heavy (non-hydrogen) atoms. The summed E-state index contributed by atoms with van der Waals surface area (Å²) in [6.45, 7) is 2.25. The van der Waals surface area contributed by atoms with E-state index in [1.54, 1.807) is 0 Å². The minimum atomic E-state index is -0.707. The lowest BCUT2D eigenvalue weighted by Gasteiger charge is -2.22. The molecular weight excluding hydrogens is 300 g/mol. The van der Waals surface area contributed by atoms with Crippen molar-refractivity contribution in [2.45, 2.75) is 83.2 Å². The van der Waals surface area contributed by atoms with Gasteiger partial charge in [-0.3, -0.25) is 4.79 Å². The topological polar surface area (TPSA) is 62.0 Å². The van der Waals surface area contributed by atoms with Gasteiger partial charge in [0.05, 0.1) is 12.1 Å². The van der Waals surface area contributed by atoms with Crippen LogP contribution in [-0.4, -0.2) is 23.2 Å². The zero-order chi connectivity index (χ0) is 17.2. The van der Waals surface area contributed by atoms with Crippen molar-refractivity contribution < 1.29 is 9.90 Å². The summed E-state index contributed by atoms with van der Waals surface area (Å²) in [5.74, 6) is 0.415. The molecule has 0 aromatic heterocycles. The summed E-state index contributed by atoms with van der Waals surface area (Å²) in [7, 11) is 0. The van der Waals surface area contributed by atoms with Gasteiger partial charge in [0.1, 0.15) is 0 Å². The van der Waals surface area contributed by atoms with Gasteiger partial charge in [0.2, 0.25) is 0 Å². The van der Waals surface area contributed by atoms with Gasteiger partial charge < -0.3 is 5.11 Å². The minimum absolute atomic E-state index is 0.260. The molecule has 4 heteroatoms. The van der Waals surface area contributed by atoms with E-state index in [0.717, 1.165) is 25.7 Å². The average molecular weight is 332 g/mol. The van der Waals surface area contributed by atoms with Crippen molar-refractivity contribution in [2.24, 2.45) is 22.1 Å². The number of unbranched alkanes of at least 4 members (excludes halogenated alkanes) is 5. The van der Waals surface area contributed by atoms with Crippen LogP contribution in [-0.2, 0) is 4.79 Å². The second-order valence-electron chi connectivity index (χ2n) is 7.11. The summed E-state index contributed by atoms with van der Waals surface area (Å²) in [5, 5.41) is 17.5. The Kier molecular flexibility index (Phi) is 8.20. The predicted octanol–water partition coefficient (Wildman–Crippen LogP) is 5.55. The lowest BCUT2D eigenvalue weighted by atomic mass is 9.87. The van der Waals surface area contributed by atoms with E-state index in [1.165, 1.54) is 32.1 Å². The Morgan fingerprint density at radius 3 is 2.62 bits per heavy atom. The normalized spacial score (nSPS) is 28.5. The molecule has 1 fully saturated rings. The van der Waals surface area contributed by atoms with Gasteiger partial charge in [0.15, 0.2) is 0 Å². The average Bonchev–Trinajstić information content (AvgIpc) is 3.15. The summed E-state index contributed by atoms with van der Waals surface area (Å²) < 4.78 is 0. The smallest absolute Gasteiger partial charge is 0.303 e. The van der Waals surface area contributed by atoms with Crippen LogP contribution >= 0.6 is 0 Å². The van der Waals surface area contributed by atoms with Crippen molar-refractivity contribution in [3.8, 4) is 0 Å². The quantitative estimate of drug-likeness (QED) is 0.376. The lowest BCUT2D eigenvalue weighted by Crippen LogP contribution is -2.21. The molecular formula is C20H32N2O2. The molecule has 0 aromatic carbocycles. The molecule has 2 rings (SSSR count). The number of carboxylic acids is 1. The number of carbonyl (C=O) groups is 1. The van der Waals surface area contributed by atoms with Crippen LogP contribution in [0.15, 0.2) is 34.5 Å². The number of allylic oxidation sites excluding steroid dienone is 3. The highest BCUT2D eigenvalue weighted by molar-refractivity contribution is 5.66. The van der Waals surface area contributed by atoms with Crippen molar-refractivity contribution in [2.75, 3.05) is 0 Å². The third kappa shape index (κ3) is 5.88. The predicted molar refractivity (Wildman–Crippen MR) is 97.2 cm³/mol. The summed E-state index contributed by atoms with van der Waals surface area (Å²) in [6, 6.07) is 0.792. The summed E-state index contributed by atoms with van der Waals surface area (Å²) in [4.78, 5) is 10.5. The molecule has 0 saturated heterocycles. The van der Waals surface area contributed by atoms with E-state index in [2.05, 4.69) is 41.5 Å². The number of nitrogens with zero attached hydrogens (tertiary/aromatic N) is 2. The second-order valence-corrected chi connectivity index (χ2v) is 7.11. The van der Waals surface area contributed by atoms with Crippen LogP contribution < -0.4 is 0 Å². The first kappa shape index (κ1) is 18.9. The van der Waals surface area contributed by atoms with Crippen LogP contribution in [0.3, 0.4) is 0 Å². The van der Waals surface area contributed by atoms with Crippen molar-refractivity contribution in [1.82, 2.24) is 0 Å². The number of azo groups is 1. The lowest BCUT2D eigenvalue weighted by molar-refractivity contribution is -0.137. The zero-order valence-electron chi connectivity index (χ0n) is 14.9. The fourth-order valence-corrected chi connectivity index (χ4v) is 3.82. The molecule has 2 bridgehead atoms. The second kappa shape index (κ2) is 10.4. The molecule has 4 nitrogen and oxygen atoms in total. The first-order valence-electron chi connectivity index (χ1n) is 9.65. The van der Waals surface area contributed by atoms with Gasteiger partial charge in [-0.25, -0.2) is 0 Å². The largest absolute Gasteiger partial charge is 0.481 e. The first-order valence-corrected chi connectivity index (χ1v) is 9.65. The molecule has 1 heterocycles. The van der Waals surface area contributed by atoms with Crippen LogP contribution in [0.1, 0.15) is 71.1 Å². The highest BCUT2D eigenvalue weighted by atomic mass is 16.4. The Hall–Kier alpha value is -1.45. The van der Waals surface area contributed by atoms with Crippen LogP contribution in [0, 0.1) is 11.8 Å². The fourth-order valence-electron chi connectivity index (χ4n) is 3.82. The molecule has 1 aliphatic carbocycles. The summed E-state index contributed by atoms with van der Waals surface area (Å²) in [5.41, 5.74) is 0. The summed E-state index contributed by atoms with van der Waals surface area (Å²) >= 11 is 0. The molecule has 0 aromatic rings. The Labute approximate surface area is 146 Å². The number of aliphatic carboxylic acids is 1. The Bertz CT molecular complexity index is 470. The van der Waals surface area contributed by atoms with Crippen LogP contribution in [0.4, 0.5) is 0 Å². The summed E-state index contributed by atoms with van der Waals surface area (Å²) in [6.07, 6.45) is 19.6. The maximum atomic E-state index is 10.5. The van der Waals surface area contributed by atoms with Crippen molar-refractivity contribution in [3.05, 3.63) is 24.3 Å². The Morgan fingerprint density at radius 2 is 1.83 bits per heavy atom. The third-order valence-electron chi connectivity index (χ3n) is 5.20. The van der Waals surface area contributed by atoms with Gasteiger partial charge in [-0.15, -0.1) is 0 Å². The number of carboxylic acid groups (broad SMARTS) is 1. The monoisotopic (exact) mass is 332 g/mol. The third-order valence-corrected chi connectivity index (χ3v) is 5.20. The van der Waals surface area contributed by atoms with Crippen molar-refractivity contribution >= 4 is 5.97 Å². The highest BCUT2D eigenvalue weighted by Gasteiger charge is 2.45. The number of rotatable bonds is 12.